The first kappa shape index (κ1) is 14.8. The number of rotatable bonds is 4. The molecular formula is C16H16FNO3. The fraction of sp³-hybridized carbons (Fsp3) is 0.188. The monoisotopic (exact) mass is 289 g/mol. The number of carbonyl (C=O) groups excluding carboxylic acids is 1. The van der Waals surface area contributed by atoms with Gasteiger partial charge in [-0.25, -0.2) is 9.18 Å². The third kappa shape index (κ3) is 3.31. The minimum atomic E-state index is -0.501. The topological polar surface area (TPSA) is 58.6 Å². The number of hydrogen-bond donors (Lipinski definition) is 2. The number of anilines is 1. The molecule has 2 aromatic rings. The molecule has 0 fully saturated rings. The van der Waals surface area contributed by atoms with Crippen molar-refractivity contribution in [1.29, 1.82) is 0 Å². The van der Waals surface area contributed by atoms with E-state index in [2.05, 4.69) is 5.32 Å². The minimum Gasteiger partial charge on any atom is -0.507 e. The van der Waals surface area contributed by atoms with Gasteiger partial charge in [-0.3, -0.25) is 0 Å². The number of aromatic hydroxyl groups is 1. The van der Waals surface area contributed by atoms with Crippen molar-refractivity contribution in [2.24, 2.45) is 0 Å². The van der Waals surface area contributed by atoms with Crippen LogP contribution in [0.15, 0.2) is 42.5 Å². The number of para-hydroxylation sites is 1. The molecule has 2 rings (SSSR count). The van der Waals surface area contributed by atoms with Gasteiger partial charge in [-0.05, 0) is 25.1 Å². The van der Waals surface area contributed by atoms with Crippen LogP contribution >= 0.6 is 0 Å². The van der Waals surface area contributed by atoms with Crippen molar-refractivity contribution >= 4 is 11.7 Å². The maximum Gasteiger partial charge on any atom is 0.339 e. The van der Waals surface area contributed by atoms with Crippen LogP contribution < -0.4 is 5.32 Å². The summed E-state index contributed by atoms with van der Waals surface area (Å²) >= 11 is 0. The van der Waals surface area contributed by atoms with Crippen LogP contribution in [0, 0.1) is 5.82 Å². The Hall–Kier alpha value is -2.56. The molecule has 0 aromatic heterocycles. The summed E-state index contributed by atoms with van der Waals surface area (Å²) < 4.78 is 17.7. The van der Waals surface area contributed by atoms with Crippen LogP contribution in [0.5, 0.6) is 5.75 Å². The van der Waals surface area contributed by atoms with Gasteiger partial charge in [0.25, 0.3) is 0 Å². The van der Waals surface area contributed by atoms with Crippen molar-refractivity contribution in [1.82, 2.24) is 0 Å². The first-order chi connectivity index (χ1) is 10.0. The molecule has 2 N–H and O–H groups in total. The van der Waals surface area contributed by atoms with Gasteiger partial charge in [0, 0.05) is 17.3 Å². The molecule has 0 bridgehead atoms. The van der Waals surface area contributed by atoms with E-state index in [-0.39, 0.29) is 11.8 Å². The standard InChI is InChI=1S/C16H16FNO3/c1-10(12-8-7-11(17)9-15(12)19)18-14-6-4-3-5-13(14)16(20)21-2/h3-10,18-19H,1-2H3. The number of esters is 1. The largest absolute Gasteiger partial charge is 0.507 e. The first-order valence-corrected chi connectivity index (χ1v) is 6.45. The number of halogens is 1. The van der Waals surface area contributed by atoms with Crippen molar-refractivity contribution in [3.63, 3.8) is 0 Å². The van der Waals surface area contributed by atoms with Crippen molar-refractivity contribution < 1.29 is 19.0 Å². The van der Waals surface area contributed by atoms with Crippen LogP contribution in [-0.4, -0.2) is 18.2 Å². The lowest BCUT2D eigenvalue weighted by Crippen LogP contribution is -2.11. The van der Waals surface area contributed by atoms with E-state index in [0.717, 1.165) is 6.07 Å². The van der Waals surface area contributed by atoms with E-state index < -0.39 is 11.8 Å². The molecule has 1 atom stereocenters. The zero-order chi connectivity index (χ0) is 15.4. The Kier molecular flexibility index (Phi) is 4.42. The van der Waals surface area contributed by atoms with Crippen LogP contribution in [0.25, 0.3) is 0 Å². The highest BCUT2D eigenvalue weighted by atomic mass is 19.1. The third-order valence-electron chi connectivity index (χ3n) is 3.16. The quantitative estimate of drug-likeness (QED) is 0.846. The summed E-state index contributed by atoms with van der Waals surface area (Å²) in [6.07, 6.45) is 0. The zero-order valence-electron chi connectivity index (χ0n) is 11.8. The van der Waals surface area contributed by atoms with Crippen LogP contribution in [0.1, 0.15) is 28.9 Å². The summed E-state index contributed by atoms with van der Waals surface area (Å²) in [4.78, 5) is 11.7. The molecule has 0 spiro atoms. The summed E-state index contributed by atoms with van der Waals surface area (Å²) in [6, 6.07) is 10.4. The highest BCUT2D eigenvalue weighted by molar-refractivity contribution is 5.95. The number of hydrogen-bond acceptors (Lipinski definition) is 4. The maximum atomic E-state index is 13.0. The Labute approximate surface area is 122 Å². The van der Waals surface area contributed by atoms with Crippen LogP contribution in [0.3, 0.4) is 0 Å². The Morgan fingerprint density at radius 2 is 2.00 bits per heavy atom. The Morgan fingerprint density at radius 3 is 2.67 bits per heavy atom. The molecule has 0 aliphatic carbocycles. The summed E-state index contributed by atoms with van der Waals surface area (Å²) in [7, 11) is 1.31. The number of ether oxygens (including phenoxy) is 1. The van der Waals surface area contributed by atoms with Gasteiger partial charge in [0.15, 0.2) is 0 Å². The second-order valence-electron chi connectivity index (χ2n) is 4.61. The number of nitrogens with one attached hydrogen (secondary N) is 1. The lowest BCUT2D eigenvalue weighted by molar-refractivity contribution is 0.0602. The smallest absolute Gasteiger partial charge is 0.339 e. The van der Waals surface area contributed by atoms with E-state index >= 15 is 0 Å². The molecule has 0 aliphatic rings. The zero-order valence-corrected chi connectivity index (χ0v) is 11.8. The van der Waals surface area contributed by atoms with Gasteiger partial charge in [0.1, 0.15) is 11.6 Å². The van der Waals surface area contributed by atoms with Gasteiger partial charge in [0.05, 0.1) is 18.7 Å². The molecule has 21 heavy (non-hydrogen) atoms. The molecule has 0 aliphatic heterocycles. The van der Waals surface area contributed by atoms with E-state index in [1.54, 1.807) is 31.2 Å². The normalized spacial score (nSPS) is 11.8. The summed E-state index contributed by atoms with van der Waals surface area (Å²) in [5, 5.41) is 12.9. The number of methoxy groups -OCH3 is 1. The molecule has 0 saturated heterocycles. The molecular weight excluding hydrogens is 273 g/mol. The molecule has 1 unspecified atom stereocenters. The van der Waals surface area contributed by atoms with Crippen molar-refractivity contribution in [2.45, 2.75) is 13.0 Å². The fourth-order valence-corrected chi connectivity index (χ4v) is 2.09. The number of carbonyl (C=O) groups is 1. The van der Waals surface area contributed by atoms with E-state index in [4.69, 9.17) is 4.74 Å². The average Bonchev–Trinajstić information content (AvgIpc) is 2.46. The summed E-state index contributed by atoms with van der Waals surface area (Å²) in [5.41, 5.74) is 1.52. The van der Waals surface area contributed by atoms with Crippen LogP contribution in [0.4, 0.5) is 10.1 Å². The molecule has 5 heteroatoms. The van der Waals surface area contributed by atoms with Gasteiger partial charge < -0.3 is 15.2 Å². The third-order valence-corrected chi connectivity index (χ3v) is 3.16. The van der Waals surface area contributed by atoms with Crippen LogP contribution in [-0.2, 0) is 4.74 Å². The van der Waals surface area contributed by atoms with Gasteiger partial charge in [0.2, 0.25) is 0 Å². The molecule has 0 amide bonds. The number of phenolic OH excluding ortho intramolecular Hbond substituents is 1. The average molecular weight is 289 g/mol. The van der Waals surface area contributed by atoms with Crippen LogP contribution in [0.2, 0.25) is 0 Å². The predicted molar refractivity (Wildman–Crippen MR) is 77.9 cm³/mol. The minimum absolute atomic E-state index is 0.134. The van der Waals surface area contributed by atoms with Crippen molar-refractivity contribution in [3.8, 4) is 5.75 Å². The Balaban J connectivity index is 2.27. The lowest BCUT2D eigenvalue weighted by Gasteiger charge is -2.18. The van der Waals surface area contributed by atoms with Gasteiger partial charge in [-0.1, -0.05) is 18.2 Å². The SMILES string of the molecule is COC(=O)c1ccccc1NC(C)c1ccc(F)cc1O. The van der Waals surface area contributed by atoms with Gasteiger partial charge in [-0.15, -0.1) is 0 Å². The molecule has 4 nitrogen and oxygen atoms in total. The van der Waals surface area contributed by atoms with Gasteiger partial charge >= 0.3 is 5.97 Å². The number of phenols is 1. The molecule has 0 heterocycles. The molecule has 2 aromatic carbocycles. The molecule has 0 saturated carbocycles. The van der Waals surface area contributed by atoms with E-state index in [1.807, 2.05) is 0 Å². The van der Waals surface area contributed by atoms with Crippen molar-refractivity contribution in [2.75, 3.05) is 12.4 Å². The van der Waals surface area contributed by atoms with E-state index in [9.17, 15) is 14.3 Å². The highest BCUT2D eigenvalue weighted by Crippen LogP contribution is 2.28. The van der Waals surface area contributed by atoms with E-state index in [0.29, 0.717) is 16.8 Å². The van der Waals surface area contributed by atoms with E-state index in [1.165, 1.54) is 19.2 Å². The molecule has 110 valence electrons. The second-order valence-corrected chi connectivity index (χ2v) is 4.61. The van der Waals surface area contributed by atoms with Crippen molar-refractivity contribution in [3.05, 3.63) is 59.4 Å². The number of benzene rings is 2. The first-order valence-electron chi connectivity index (χ1n) is 6.45. The lowest BCUT2D eigenvalue weighted by atomic mass is 10.1. The summed E-state index contributed by atoms with van der Waals surface area (Å²) in [6.45, 7) is 1.81. The summed E-state index contributed by atoms with van der Waals surface area (Å²) in [5.74, 6) is -1.09. The second kappa shape index (κ2) is 6.26. The molecule has 0 radical (unpaired) electrons. The Morgan fingerprint density at radius 1 is 1.29 bits per heavy atom. The predicted octanol–water partition coefficient (Wildman–Crippen LogP) is 3.49. The maximum absolute atomic E-state index is 13.0. The van der Waals surface area contributed by atoms with Gasteiger partial charge in [-0.2, -0.15) is 0 Å². The highest BCUT2D eigenvalue weighted by Gasteiger charge is 2.15. The fourth-order valence-electron chi connectivity index (χ4n) is 2.09. The Bertz CT molecular complexity index is 658.